The fourth-order valence-electron chi connectivity index (χ4n) is 5.90. The van der Waals surface area contributed by atoms with Gasteiger partial charge in [0.05, 0.1) is 0 Å². The molecule has 0 unspecified atom stereocenters. The predicted molar refractivity (Wildman–Crippen MR) is 160 cm³/mol. The number of hydrogen-bond donors (Lipinski definition) is 0. The maximum absolute atomic E-state index is 14.2. The van der Waals surface area contributed by atoms with E-state index in [1.54, 1.807) is 17.7 Å². The quantitative estimate of drug-likeness (QED) is 0.164. The zero-order valence-corrected chi connectivity index (χ0v) is 23.2. The molecular formula is C32H29N4O3P. The first-order valence-electron chi connectivity index (χ1n) is 13.1. The number of rotatable bonds is 7. The molecule has 3 aromatic carbocycles. The van der Waals surface area contributed by atoms with Crippen LogP contribution in [0.2, 0.25) is 0 Å². The van der Waals surface area contributed by atoms with Gasteiger partial charge in [-0.15, -0.1) is 0 Å². The van der Waals surface area contributed by atoms with E-state index in [1.165, 1.54) is 0 Å². The molecule has 0 saturated carbocycles. The zero-order chi connectivity index (χ0) is 27.8. The Morgan fingerprint density at radius 1 is 0.825 bits per heavy atom. The number of carbonyl (C=O) groups excluding carboxylic acids is 2. The van der Waals surface area contributed by atoms with E-state index in [0.29, 0.717) is 5.69 Å². The summed E-state index contributed by atoms with van der Waals surface area (Å²) in [5.41, 5.74) is 1.42. The van der Waals surface area contributed by atoms with Crippen molar-refractivity contribution in [2.24, 2.45) is 0 Å². The molecule has 1 aliphatic heterocycles. The van der Waals surface area contributed by atoms with Crippen LogP contribution in [0.4, 0.5) is 4.79 Å². The number of pyridine rings is 1. The number of carbonyl (C=O) groups is 2. The van der Waals surface area contributed by atoms with Gasteiger partial charge in [0.1, 0.15) is 0 Å². The van der Waals surface area contributed by atoms with Gasteiger partial charge in [0.2, 0.25) is 0 Å². The Bertz CT molecular complexity index is 1600. The van der Waals surface area contributed by atoms with Gasteiger partial charge in [-0.2, -0.15) is 0 Å². The van der Waals surface area contributed by atoms with Crippen molar-refractivity contribution in [3.05, 3.63) is 133 Å². The summed E-state index contributed by atoms with van der Waals surface area (Å²) >= 11 is 0. The molecule has 0 bridgehead atoms. The first-order chi connectivity index (χ1) is 19.5. The summed E-state index contributed by atoms with van der Waals surface area (Å²) in [5, 5.41) is 2.79. The molecule has 1 saturated heterocycles. The van der Waals surface area contributed by atoms with Crippen LogP contribution < -0.4 is 15.9 Å². The van der Waals surface area contributed by atoms with Crippen LogP contribution in [0.25, 0.3) is 11.7 Å². The third-order valence-corrected chi connectivity index (χ3v) is 13.9. The van der Waals surface area contributed by atoms with Crippen LogP contribution >= 0.6 is 6.90 Å². The topological polar surface area (TPSA) is 67.2 Å². The zero-order valence-electron chi connectivity index (χ0n) is 22.3. The van der Waals surface area contributed by atoms with E-state index in [-0.39, 0.29) is 18.3 Å². The molecule has 0 radical (unpaired) electrons. The summed E-state index contributed by atoms with van der Waals surface area (Å²) in [5.74, 6) is -0.585. The fraction of sp³-hybridized carbons (Fsp3) is 0.0938. The van der Waals surface area contributed by atoms with Gasteiger partial charge in [-0.3, -0.25) is 0 Å². The van der Waals surface area contributed by atoms with Crippen molar-refractivity contribution in [1.29, 1.82) is 0 Å². The number of aromatic nitrogens is 2. The van der Waals surface area contributed by atoms with Crippen molar-refractivity contribution in [2.75, 3.05) is 13.7 Å². The van der Waals surface area contributed by atoms with Crippen molar-refractivity contribution in [2.45, 2.75) is 6.92 Å². The van der Waals surface area contributed by atoms with Crippen molar-refractivity contribution in [3.63, 3.8) is 0 Å². The van der Waals surface area contributed by atoms with Crippen molar-refractivity contribution in [1.82, 2.24) is 18.7 Å². The molecule has 5 aromatic rings. The molecule has 7 nitrogen and oxygen atoms in total. The fourth-order valence-corrected chi connectivity index (χ4v) is 12.3. The van der Waals surface area contributed by atoms with Crippen LogP contribution in [0.3, 0.4) is 0 Å². The molecular weight excluding hydrogens is 519 g/mol. The Kier molecular flexibility index (Phi) is 6.24. The van der Waals surface area contributed by atoms with Gasteiger partial charge in [-0.1, -0.05) is 0 Å². The average molecular weight is 549 g/mol. The molecule has 8 heteroatoms. The number of amides is 2. The van der Waals surface area contributed by atoms with Gasteiger partial charge >= 0.3 is 233 Å². The van der Waals surface area contributed by atoms with Gasteiger partial charge in [0.25, 0.3) is 0 Å². The molecule has 3 heterocycles. The number of ether oxygens (including phenoxy) is 1. The number of imidazole rings is 1. The molecule has 0 N–H and O–H groups in total. The van der Waals surface area contributed by atoms with Gasteiger partial charge in [-0.25, -0.2) is 0 Å². The van der Waals surface area contributed by atoms with E-state index < -0.39 is 12.9 Å². The average Bonchev–Trinajstić information content (AvgIpc) is 3.43. The molecule has 2 aromatic heterocycles. The number of benzene rings is 3. The van der Waals surface area contributed by atoms with E-state index in [1.807, 2.05) is 138 Å². The van der Waals surface area contributed by atoms with Gasteiger partial charge in [0, 0.05) is 0 Å². The molecule has 6 rings (SSSR count). The van der Waals surface area contributed by atoms with E-state index in [4.69, 9.17) is 9.72 Å². The number of urea groups is 1. The van der Waals surface area contributed by atoms with Crippen molar-refractivity contribution < 1.29 is 14.3 Å². The molecule has 200 valence electrons. The van der Waals surface area contributed by atoms with E-state index in [9.17, 15) is 9.59 Å². The number of nitrogens with zero attached hydrogens (tertiary/aromatic N) is 4. The van der Waals surface area contributed by atoms with Gasteiger partial charge < -0.3 is 0 Å². The molecule has 2 amide bonds. The Labute approximate surface area is 233 Å². The summed E-state index contributed by atoms with van der Waals surface area (Å²) < 4.78 is 11.0. The van der Waals surface area contributed by atoms with Crippen LogP contribution in [0.15, 0.2) is 127 Å². The van der Waals surface area contributed by atoms with Crippen molar-refractivity contribution in [3.8, 4) is 0 Å². The summed E-state index contributed by atoms with van der Waals surface area (Å²) in [6, 6.07) is 35.4. The minimum absolute atomic E-state index is 0.141. The first-order valence-corrected chi connectivity index (χ1v) is 15.3. The number of fused-ring (bicyclic) bond motifs is 1. The Morgan fingerprint density at radius 3 is 1.85 bits per heavy atom. The predicted octanol–water partition coefficient (Wildman–Crippen LogP) is 4.97. The monoisotopic (exact) mass is 548 g/mol. The second-order valence-electron chi connectivity index (χ2n) is 9.53. The molecule has 1 aliphatic rings. The molecule has 0 aliphatic carbocycles. The normalized spacial score (nSPS) is 17.1. The van der Waals surface area contributed by atoms with Crippen LogP contribution in [0.5, 0.6) is 0 Å². The first kappa shape index (κ1) is 25.5. The van der Waals surface area contributed by atoms with Gasteiger partial charge in [0.15, 0.2) is 0 Å². The number of esters is 1. The van der Waals surface area contributed by atoms with Crippen LogP contribution in [-0.2, 0) is 9.53 Å². The van der Waals surface area contributed by atoms with Crippen molar-refractivity contribution >= 4 is 46.5 Å². The minimum atomic E-state index is -3.99. The summed E-state index contributed by atoms with van der Waals surface area (Å²) in [7, 11) is 1.83. The van der Waals surface area contributed by atoms with E-state index >= 15 is 0 Å². The Hall–Kier alpha value is -4.74. The second kappa shape index (κ2) is 9.78. The molecule has 1 fully saturated rings. The third-order valence-electron chi connectivity index (χ3n) is 7.55. The van der Waals surface area contributed by atoms with E-state index in [2.05, 4.69) is 0 Å². The Morgan fingerprint density at radius 2 is 1.35 bits per heavy atom. The van der Waals surface area contributed by atoms with Crippen LogP contribution in [0.1, 0.15) is 12.6 Å². The SMILES string of the molecule is CCOC(=O)/C(=C/c1cn2ccccc2n1)N1C(=O)N(C)P1(c1ccccc1)(c1ccccc1)c1ccccc1. The maximum atomic E-state index is 14.2. The molecule has 40 heavy (non-hydrogen) atoms. The third kappa shape index (κ3) is 3.38. The van der Waals surface area contributed by atoms with Crippen LogP contribution in [-0.4, -0.2) is 44.4 Å². The molecule has 0 spiro atoms. The second-order valence-corrected chi connectivity index (χ2v) is 14.1. The summed E-state index contributed by atoms with van der Waals surface area (Å²) in [4.78, 5) is 32.8. The summed E-state index contributed by atoms with van der Waals surface area (Å²) in [6.07, 6.45) is 5.40. The van der Waals surface area contributed by atoms with Crippen LogP contribution in [0, 0.1) is 0 Å². The standard InChI is InChI=1S/C32H29N4O3P/c1-3-39-31(37)29(23-25-24-35-22-14-13-21-30(35)33-25)36-32(38)34(2)40(36,26-15-7-4-8-16-26,27-17-9-5-10-18-27)28-19-11-6-12-20-28/h4-24H,3H2,1-2H3/b29-23-. The Balaban J connectivity index is 1.74. The van der Waals surface area contributed by atoms with E-state index in [0.717, 1.165) is 21.6 Å². The summed E-state index contributed by atoms with van der Waals surface area (Å²) in [6.45, 7) is -2.06. The van der Waals surface area contributed by atoms with Gasteiger partial charge in [-0.05, 0) is 0 Å². The number of hydrogen-bond acceptors (Lipinski definition) is 4. The molecule has 0 atom stereocenters.